The summed E-state index contributed by atoms with van der Waals surface area (Å²) in [6.45, 7) is 6.26. The molecule has 0 spiro atoms. The average molecular weight is 239 g/mol. The number of nitrogens with zero attached hydrogens (tertiary/aromatic N) is 1. The van der Waals surface area contributed by atoms with Crippen LogP contribution in [0.25, 0.3) is 0 Å². The van der Waals surface area contributed by atoms with Gasteiger partial charge in [0.15, 0.2) is 5.89 Å². The third-order valence-electron chi connectivity index (χ3n) is 2.60. The lowest BCUT2D eigenvalue weighted by Gasteiger charge is -2.23. The highest BCUT2D eigenvalue weighted by molar-refractivity contribution is 5.92. The molecule has 1 saturated heterocycles. The fourth-order valence-corrected chi connectivity index (χ4v) is 1.78. The minimum atomic E-state index is -0.239. The molecule has 1 amide bonds. The van der Waals surface area contributed by atoms with E-state index in [0.717, 1.165) is 13.1 Å². The first kappa shape index (κ1) is 12.1. The Morgan fingerprint density at radius 3 is 3.00 bits per heavy atom. The lowest BCUT2D eigenvalue weighted by molar-refractivity contribution is 0.0284. The van der Waals surface area contributed by atoms with Crippen LogP contribution in [-0.2, 0) is 4.74 Å². The lowest BCUT2D eigenvalue weighted by atomic mass is 10.3. The number of aryl methyl sites for hydroxylation is 2. The highest BCUT2D eigenvalue weighted by Gasteiger charge is 2.18. The Balaban J connectivity index is 1.86. The number of carbonyl (C=O) groups is 1. The molecule has 1 unspecified atom stereocenters. The molecule has 0 aromatic carbocycles. The maximum Gasteiger partial charge on any atom is 0.289 e. The van der Waals surface area contributed by atoms with Crippen molar-refractivity contribution >= 4 is 5.91 Å². The number of hydrogen-bond donors (Lipinski definition) is 2. The van der Waals surface area contributed by atoms with Crippen LogP contribution in [0.15, 0.2) is 4.42 Å². The molecule has 0 saturated carbocycles. The second-order valence-corrected chi connectivity index (χ2v) is 4.05. The van der Waals surface area contributed by atoms with Gasteiger partial charge in [0.1, 0.15) is 0 Å². The number of amides is 1. The maximum absolute atomic E-state index is 11.8. The van der Waals surface area contributed by atoms with Crippen molar-refractivity contribution < 1.29 is 13.9 Å². The van der Waals surface area contributed by atoms with Gasteiger partial charge in [-0.2, -0.15) is 0 Å². The first-order chi connectivity index (χ1) is 8.16. The van der Waals surface area contributed by atoms with E-state index >= 15 is 0 Å². The maximum atomic E-state index is 11.8. The fourth-order valence-electron chi connectivity index (χ4n) is 1.78. The van der Waals surface area contributed by atoms with Crippen LogP contribution >= 0.6 is 0 Å². The van der Waals surface area contributed by atoms with Gasteiger partial charge in [-0.25, -0.2) is 4.98 Å². The van der Waals surface area contributed by atoms with Crippen molar-refractivity contribution in [3.05, 3.63) is 17.3 Å². The van der Waals surface area contributed by atoms with Crippen LogP contribution in [0.1, 0.15) is 22.1 Å². The Kier molecular flexibility index (Phi) is 3.75. The minimum absolute atomic E-state index is 0.0250. The smallest absolute Gasteiger partial charge is 0.289 e. The second kappa shape index (κ2) is 5.29. The lowest BCUT2D eigenvalue weighted by Crippen LogP contribution is -2.45. The number of nitrogens with one attached hydrogen (secondary N) is 2. The Bertz CT molecular complexity index is 397. The zero-order chi connectivity index (χ0) is 12.3. The summed E-state index contributed by atoms with van der Waals surface area (Å²) in [5.74, 6) is 0.548. The van der Waals surface area contributed by atoms with Crippen LogP contribution in [0, 0.1) is 13.8 Å². The van der Waals surface area contributed by atoms with E-state index in [2.05, 4.69) is 15.6 Å². The third-order valence-corrected chi connectivity index (χ3v) is 2.60. The van der Waals surface area contributed by atoms with Gasteiger partial charge < -0.3 is 19.8 Å². The second-order valence-electron chi connectivity index (χ2n) is 4.05. The third kappa shape index (κ3) is 3.04. The minimum Gasteiger partial charge on any atom is -0.436 e. The molecule has 1 aliphatic heterocycles. The molecule has 1 aliphatic rings. The number of aromatic nitrogens is 1. The van der Waals surface area contributed by atoms with Crippen LogP contribution in [0.3, 0.4) is 0 Å². The van der Waals surface area contributed by atoms with Crippen molar-refractivity contribution in [1.82, 2.24) is 15.6 Å². The van der Waals surface area contributed by atoms with E-state index in [1.807, 2.05) is 0 Å². The Morgan fingerprint density at radius 1 is 1.59 bits per heavy atom. The first-order valence-electron chi connectivity index (χ1n) is 5.71. The highest BCUT2D eigenvalue weighted by Crippen LogP contribution is 2.08. The summed E-state index contributed by atoms with van der Waals surface area (Å²) in [5.41, 5.74) is 0.614. The summed E-state index contributed by atoms with van der Waals surface area (Å²) in [4.78, 5) is 15.9. The van der Waals surface area contributed by atoms with E-state index in [1.54, 1.807) is 13.8 Å². The number of oxazole rings is 1. The van der Waals surface area contributed by atoms with Crippen LogP contribution in [0.4, 0.5) is 0 Å². The number of rotatable bonds is 3. The van der Waals surface area contributed by atoms with Crippen LogP contribution in [0.5, 0.6) is 0 Å². The normalized spacial score (nSPS) is 20.2. The predicted octanol–water partition coefficient (Wildman–Crippen LogP) is 0.00964. The zero-order valence-corrected chi connectivity index (χ0v) is 10.1. The van der Waals surface area contributed by atoms with Crippen molar-refractivity contribution in [2.45, 2.75) is 20.0 Å². The van der Waals surface area contributed by atoms with Gasteiger partial charge in [0.25, 0.3) is 5.91 Å². The summed E-state index contributed by atoms with van der Waals surface area (Å²) in [6.07, 6.45) is 0.0250. The first-order valence-corrected chi connectivity index (χ1v) is 5.71. The standard InChI is InChI=1S/C11H17N3O3/c1-7-10(17-8(2)14-7)11(15)13-6-9-5-12-3-4-16-9/h9,12H,3-6H2,1-2H3,(H,13,15). The van der Waals surface area contributed by atoms with Gasteiger partial charge in [-0.3, -0.25) is 4.79 Å². The van der Waals surface area contributed by atoms with Crippen LogP contribution < -0.4 is 10.6 Å². The molecule has 6 nitrogen and oxygen atoms in total. The number of morpholine rings is 1. The summed E-state index contributed by atoms with van der Waals surface area (Å²) in [6, 6.07) is 0. The summed E-state index contributed by atoms with van der Waals surface area (Å²) in [5, 5.41) is 5.99. The van der Waals surface area contributed by atoms with E-state index < -0.39 is 0 Å². The quantitative estimate of drug-likeness (QED) is 0.777. The van der Waals surface area contributed by atoms with Gasteiger partial charge in [0, 0.05) is 26.6 Å². The molecule has 6 heteroatoms. The molecule has 2 rings (SSSR count). The van der Waals surface area contributed by atoms with Crippen molar-refractivity contribution in [2.24, 2.45) is 0 Å². The molecule has 2 heterocycles. The Labute approximate surface area is 99.7 Å². The van der Waals surface area contributed by atoms with Crippen molar-refractivity contribution in [3.63, 3.8) is 0 Å². The molecule has 1 atom stereocenters. The number of hydrogen-bond acceptors (Lipinski definition) is 5. The van der Waals surface area contributed by atoms with E-state index in [9.17, 15) is 4.79 Å². The molecule has 1 aromatic heterocycles. The Hall–Kier alpha value is -1.40. The molecule has 0 aliphatic carbocycles. The molecule has 1 aromatic rings. The van der Waals surface area contributed by atoms with Gasteiger partial charge >= 0.3 is 0 Å². The summed E-state index contributed by atoms with van der Waals surface area (Å²) >= 11 is 0. The van der Waals surface area contributed by atoms with Crippen LogP contribution in [0.2, 0.25) is 0 Å². The monoisotopic (exact) mass is 239 g/mol. The SMILES string of the molecule is Cc1nc(C)c(C(=O)NCC2CNCCO2)o1. The number of ether oxygens (including phenoxy) is 1. The van der Waals surface area contributed by atoms with E-state index in [4.69, 9.17) is 9.15 Å². The molecule has 1 fully saturated rings. The number of carbonyl (C=O) groups excluding carboxylic acids is 1. The summed E-state index contributed by atoms with van der Waals surface area (Å²) in [7, 11) is 0. The van der Waals surface area contributed by atoms with Crippen molar-refractivity contribution in [1.29, 1.82) is 0 Å². The Morgan fingerprint density at radius 2 is 2.41 bits per heavy atom. The van der Waals surface area contributed by atoms with Crippen molar-refractivity contribution in [3.8, 4) is 0 Å². The van der Waals surface area contributed by atoms with Gasteiger partial charge in [-0.1, -0.05) is 0 Å². The molecule has 94 valence electrons. The van der Waals surface area contributed by atoms with E-state index in [1.165, 1.54) is 0 Å². The van der Waals surface area contributed by atoms with Crippen molar-refractivity contribution in [2.75, 3.05) is 26.2 Å². The van der Waals surface area contributed by atoms with Gasteiger partial charge in [-0.05, 0) is 6.92 Å². The topological polar surface area (TPSA) is 76.4 Å². The predicted molar refractivity (Wildman–Crippen MR) is 60.9 cm³/mol. The van der Waals surface area contributed by atoms with Gasteiger partial charge in [0.2, 0.25) is 5.76 Å². The molecular weight excluding hydrogens is 222 g/mol. The van der Waals surface area contributed by atoms with E-state index in [0.29, 0.717) is 24.7 Å². The summed E-state index contributed by atoms with van der Waals surface area (Å²) < 4.78 is 10.7. The highest BCUT2D eigenvalue weighted by atomic mass is 16.5. The molecule has 2 N–H and O–H groups in total. The molecular formula is C11H17N3O3. The van der Waals surface area contributed by atoms with Crippen LogP contribution in [-0.4, -0.2) is 43.2 Å². The molecule has 0 bridgehead atoms. The largest absolute Gasteiger partial charge is 0.436 e. The van der Waals surface area contributed by atoms with Gasteiger partial charge in [0.05, 0.1) is 18.4 Å². The molecule has 0 radical (unpaired) electrons. The fraction of sp³-hybridized carbons (Fsp3) is 0.636. The van der Waals surface area contributed by atoms with Gasteiger partial charge in [-0.15, -0.1) is 0 Å². The molecule has 17 heavy (non-hydrogen) atoms. The average Bonchev–Trinajstić information content (AvgIpc) is 2.67. The zero-order valence-electron chi connectivity index (χ0n) is 10.1. The van der Waals surface area contributed by atoms with E-state index in [-0.39, 0.29) is 17.8 Å².